The molecule has 1 aliphatic heterocycles. The highest BCUT2D eigenvalue weighted by molar-refractivity contribution is 8.23. The number of thioether (sulfide) groups is 1. The van der Waals surface area contributed by atoms with Gasteiger partial charge in [0.2, 0.25) is 0 Å². The predicted molar refractivity (Wildman–Crippen MR) is 94.0 cm³/mol. The van der Waals surface area contributed by atoms with Crippen LogP contribution >= 0.6 is 24.0 Å². The smallest absolute Gasteiger partial charge is 0.269 e. The summed E-state index contributed by atoms with van der Waals surface area (Å²) in [7, 11) is 0. The number of thiocarbonyl (C=S) groups is 1. The van der Waals surface area contributed by atoms with E-state index in [9.17, 15) is 15.2 Å². The van der Waals surface area contributed by atoms with Crippen LogP contribution in [-0.2, 0) is 12.3 Å². The van der Waals surface area contributed by atoms with E-state index < -0.39 is 10.6 Å². The molecule has 0 aromatic heterocycles. The zero-order valence-electron chi connectivity index (χ0n) is 12.1. The Hall–Kier alpha value is -1.96. The number of nitro benzene ring substituents is 1. The van der Waals surface area contributed by atoms with Gasteiger partial charge in [0.25, 0.3) is 5.69 Å². The molecule has 0 radical (unpaired) electrons. The maximum absolute atomic E-state index is 11.1. The summed E-state index contributed by atoms with van der Waals surface area (Å²) in [6.07, 6.45) is 0. The quantitative estimate of drug-likeness (QED) is 0.521. The summed E-state index contributed by atoms with van der Waals surface area (Å²) in [5.41, 5.74) is 0.386. The van der Waals surface area contributed by atoms with Gasteiger partial charge < -0.3 is 10.0 Å². The molecule has 23 heavy (non-hydrogen) atoms. The maximum Gasteiger partial charge on any atom is 0.269 e. The van der Waals surface area contributed by atoms with Crippen LogP contribution in [0, 0.1) is 10.1 Å². The number of hydrogen-bond acceptors (Lipinski definition) is 5. The van der Waals surface area contributed by atoms with Gasteiger partial charge in [-0.2, -0.15) is 0 Å². The minimum Gasteiger partial charge on any atom is -0.366 e. The molecule has 1 atom stereocenters. The van der Waals surface area contributed by atoms with Gasteiger partial charge in [-0.15, -0.1) is 0 Å². The second-order valence-corrected chi connectivity index (χ2v) is 6.86. The van der Waals surface area contributed by atoms with Crippen molar-refractivity contribution >= 4 is 34.0 Å². The van der Waals surface area contributed by atoms with Crippen molar-refractivity contribution in [3.8, 4) is 0 Å². The SMILES string of the molecule is O=[N+]([O-])c1ccc(C2(O)CSC(=S)N2Cc2ccccc2)cc1. The van der Waals surface area contributed by atoms with E-state index in [0.717, 1.165) is 5.56 Å². The first-order valence-electron chi connectivity index (χ1n) is 6.96. The highest BCUT2D eigenvalue weighted by Gasteiger charge is 2.44. The summed E-state index contributed by atoms with van der Waals surface area (Å²) < 4.78 is 0.620. The Kier molecular flexibility index (Phi) is 4.34. The second-order valence-electron chi connectivity index (χ2n) is 5.25. The van der Waals surface area contributed by atoms with Crippen molar-refractivity contribution in [1.29, 1.82) is 0 Å². The minimum atomic E-state index is -1.26. The van der Waals surface area contributed by atoms with Gasteiger partial charge in [-0.3, -0.25) is 10.1 Å². The molecule has 0 spiro atoms. The lowest BCUT2D eigenvalue weighted by Gasteiger charge is -2.34. The van der Waals surface area contributed by atoms with Gasteiger partial charge in [-0.1, -0.05) is 54.3 Å². The van der Waals surface area contributed by atoms with E-state index >= 15 is 0 Å². The molecule has 1 heterocycles. The highest BCUT2D eigenvalue weighted by atomic mass is 32.2. The first kappa shape index (κ1) is 15.9. The minimum absolute atomic E-state index is 0.000172. The Morgan fingerprint density at radius 1 is 1.22 bits per heavy atom. The van der Waals surface area contributed by atoms with Crippen molar-refractivity contribution in [2.75, 3.05) is 5.75 Å². The Morgan fingerprint density at radius 2 is 1.87 bits per heavy atom. The van der Waals surface area contributed by atoms with Crippen LogP contribution in [-0.4, -0.2) is 25.0 Å². The summed E-state index contributed by atoms with van der Waals surface area (Å²) in [4.78, 5) is 12.1. The Balaban J connectivity index is 1.91. The van der Waals surface area contributed by atoms with Crippen LogP contribution in [0.2, 0.25) is 0 Å². The summed E-state index contributed by atoms with van der Waals surface area (Å²) in [5.74, 6) is 0.399. The standard InChI is InChI=1S/C16H14N2O3S2/c19-16(13-6-8-14(9-7-13)18(20)21)11-23-15(22)17(16)10-12-4-2-1-3-5-12/h1-9,19H,10-11H2. The lowest BCUT2D eigenvalue weighted by Crippen LogP contribution is -2.44. The molecule has 1 N–H and O–H groups in total. The van der Waals surface area contributed by atoms with Crippen molar-refractivity contribution in [2.45, 2.75) is 12.3 Å². The van der Waals surface area contributed by atoms with Crippen LogP contribution in [0.4, 0.5) is 5.69 Å². The van der Waals surface area contributed by atoms with Gasteiger partial charge in [-0.05, 0) is 17.7 Å². The molecule has 0 saturated carbocycles. The van der Waals surface area contributed by atoms with Crippen molar-refractivity contribution in [1.82, 2.24) is 4.90 Å². The van der Waals surface area contributed by atoms with Crippen LogP contribution in [0.25, 0.3) is 0 Å². The summed E-state index contributed by atoms with van der Waals surface area (Å²) in [6, 6.07) is 15.7. The van der Waals surface area contributed by atoms with Crippen LogP contribution < -0.4 is 0 Å². The molecule has 1 unspecified atom stereocenters. The van der Waals surface area contributed by atoms with Crippen molar-refractivity contribution < 1.29 is 10.0 Å². The molecular weight excluding hydrogens is 332 g/mol. The zero-order valence-corrected chi connectivity index (χ0v) is 13.7. The fourth-order valence-corrected chi connectivity index (χ4v) is 3.93. The van der Waals surface area contributed by atoms with Crippen LogP contribution in [0.1, 0.15) is 11.1 Å². The largest absolute Gasteiger partial charge is 0.366 e. The van der Waals surface area contributed by atoms with Crippen molar-refractivity contribution in [3.63, 3.8) is 0 Å². The average molecular weight is 346 g/mol. The molecular formula is C16H14N2O3S2. The number of nitro groups is 1. The lowest BCUT2D eigenvalue weighted by atomic mass is 10.0. The van der Waals surface area contributed by atoms with Crippen molar-refractivity contribution in [2.24, 2.45) is 0 Å². The second kappa shape index (κ2) is 6.27. The van der Waals surface area contributed by atoms with Crippen LogP contribution in [0.5, 0.6) is 0 Å². The molecule has 1 fully saturated rings. The summed E-state index contributed by atoms with van der Waals surface area (Å²) in [5, 5.41) is 21.9. The van der Waals surface area contributed by atoms with E-state index in [-0.39, 0.29) is 5.69 Å². The summed E-state index contributed by atoms with van der Waals surface area (Å²) >= 11 is 6.79. The zero-order chi connectivity index (χ0) is 16.4. The fourth-order valence-electron chi connectivity index (χ4n) is 2.52. The summed E-state index contributed by atoms with van der Waals surface area (Å²) in [6.45, 7) is 0.486. The monoisotopic (exact) mass is 346 g/mol. The number of nitrogens with zero attached hydrogens (tertiary/aromatic N) is 2. The van der Waals surface area contributed by atoms with E-state index in [0.29, 0.717) is 22.2 Å². The molecule has 3 rings (SSSR count). The molecule has 118 valence electrons. The van der Waals surface area contributed by atoms with E-state index in [4.69, 9.17) is 12.2 Å². The number of non-ortho nitro benzene ring substituents is 1. The fraction of sp³-hybridized carbons (Fsp3) is 0.188. The number of hydrogen-bond donors (Lipinski definition) is 1. The molecule has 2 aromatic carbocycles. The van der Waals surface area contributed by atoms with Gasteiger partial charge >= 0.3 is 0 Å². The Labute approximate surface area is 143 Å². The Bertz CT molecular complexity index is 737. The molecule has 1 saturated heterocycles. The topological polar surface area (TPSA) is 66.6 Å². The molecule has 1 aliphatic rings. The Morgan fingerprint density at radius 3 is 2.48 bits per heavy atom. The highest BCUT2D eigenvalue weighted by Crippen LogP contribution is 2.40. The molecule has 0 amide bonds. The number of rotatable bonds is 4. The molecule has 5 nitrogen and oxygen atoms in total. The molecule has 7 heteroatoms. The first-order valence-corrected chi connectivity index (χ1v) is 8.36. The predicted octanol–water partition coefficient (Wildman–Crippen LogP) is 3.27. The van der Waals surface area contributed by atoms with E-state index in [1.807, 2.05) is 30.3 Å². The maximum atomic E-state index is 11.1. The third-order valence-corrected chi connectivity index (χ3v) is 5.38. The van der Waals surface area contributed by atoms with Gasteiger partial charge in [0.05, 0.1) is 10.7 Å². The van der Waals surface area contributed by atoms with Gasteiger partial charge in [0.1, 0.15) is 4.32 Å². The normalized spacial score (nSPS) is 20.7. The number of aliphatic hydroxyl groups is 1. The van der Waals surface area contributed by atoms with Gasteiger partial charge in [-0.25, -0.2) is 0 Å². The number of benzene rings is 2. The van der Waals surface area contributed by atoms with E-state index in [2.05, 4.69) is 0 Å². The third-order valence-electron chi connectivity index (χ3n) is 3.79. The molecule has 0 aliphatic carbocycles. The van der Waals surface area contributed by atoms with Gasteiger partial charge in [0, 0.05) is 24.2 Å². The van der Waals surface area contributed by atoms with E-state index in [1.165, 1.54) is 23.9 Å². The molecule has 0 bridgehead atoms. The molecule has 2 aromatic rings. The lowest BCUT2D eigenvalue weighted by molar-refractivity contribution is -0.384. The first-order chi connectivity index (χ1) is 11.0. The third kappa shape index (κ3) is 3.08. The average Bonchev–Trinajstić information content (AvgIpc) is 2.85. The van der Waals surface area contributed by atoms with Crippen LogP contribution in [0.15, 0.2) is 54.6 Å². The van der Waals surface area contributed by atoms with Crippen molar-refractivity contribution in [3.05, 3.63) is 75.8 Å². The van der Waals surface area contributed by atoms with Crippen LogP contribution in [0.3, 0.4) is 0 Å². The van der Waals surface area contributed by atoms with Gasteiger partial charge in [0.15, 0.2) is 5.72 Å². The van der Waals surface area contributed by atoms with E-state index in [1.54, 1.807) is 17.0 Å².